The maximum atomic E-state index is 12.3. The van der Waals surface area contributed by atoms with Crippen LogP contribution in [0.2, 0.25) is 0 Å². The first-order valence-corrected chi connectivity index (χ1v) is 8.09. The van der Waals surface area contributed by atoms with Crippen molar-refractivity contribution in [2.24, 2.45) is 5.92 Å². The zero-order chi connectivity index (χ0) is 15.6. The lowest BCUT2D eigenvalue weighted by atomic mass is 10.1. The molecule has 0 aromatic rings. The molecule has 21 heavy (non-hydrogen) atoms. The third kappa shape index (κ3) is 5.15. The summed E-state index contributed by atoms with van der Waals surface area (Å²) in [7, 11) is 0. The molecule has 1 saturated carbocycles. The van der Waals surface area contributed by atoms with Crippen LogP contribution < -0.4 is 5.32 Å². The van der Waals surface area contributed by atoms with Crippen molar-refractivity contribution in [2.75, 3.05) is 19.8 Å². The van der Waals surface area contributed by atoms with E-state index in [0.717, 1.165) is 12.3 Å². The maximum absolute atomic E-state index is 12.3. The van der Waals surface area contributed by atoms with Crippen molar-refractivity contribution in [1.82, 2.24) is 10.2 Å². The summed E-state index contributed by atoms with van der Waals surface area (Å²) in [6, 6.07) is 1.14. The molecule has 0 spiro atoms. The monoisotopic (exact) mass is 298 g/mol. The molecule has 4 atom stereocenters. The van der Waals surface area contributed by atoms with Crippen LogP contribution in [-0.2, 0) is 9.47 Å². The Kier molecular flexibility index (Phi) is 5.15. The van der Waals surface area contributed by atoms with Crippen LogP contribution in [0, 0.1) is 5.92 Å². The molecule has 5 heteroatoms. The molecule has 122 valence electrons. The second kappa shape index (κ2) is 6.53. The molecule has 0 radical (unpaired) electrons. The van der Waals surface area contributed by atoms with E-state index < -0.39 is 5.60 Å². The predicted octanol–water partition coefficient (Wildman–Crippen LogP) is 2.40. The number of carbonyl (C=O) groups is 1. The first-order chi connectivity index (χ1) is 9.76. The van der Waals surface area contributed by atoms with Crippen molar-refractivity contribution < 1.29 is 14.3 Å². The van der Waals surface area contributed by atoms with E-state index in [9.17, 15) is 4.79 Å². The van der Waals surface area contributed by atoms with Crippen molar-refractivity contribution in [2.45, 2.75) is 71.2 Å². The van der Waals surface area contributed by atoms with Gasteiger partial charge in [-0.2, -0.15) is 0 Å². The molecule has 0 aromatic heterocycles. The van der Waals surface area contributed by atoms with Gasteiger partial charge in [0.1, 0.15) is 5.60 Å². The Balaban J connectivity index is 1.87. The normalized spacial score (nSPS) is 30.9. The highest BCUT2D eigenvalue weighted by Gasteiger charge is 2.36. The van der Waals surface area contributed by atoms with Crippen LogP contribution in [0.1, 0.15) is 47.5 Å². The molecular weight excluding hydrogens is 268 g/mol. The molecule has 4 unspecified atom stereocenters. The lowest BCUT2D eigenvalue weighted by Crippen LogP contribution is -2.52. The second-order valence-electron chi connectivity index (χ2n) is 7.53. The predicted molar refractivity (Wildman–Crippen MR) is 82.3 cm³/mol. The number of rotatable bonds is 4. The first-order valence-electron chi connectivity index (χ1n) is 8.09. The highest BCUT2D eigenvalue weighted by molar-refractivity contribution is 5.68. The van der Waals surface area contributed by atoms with Crippen molar-refractivity contribution in [3.63, 3.8) is 0 Å². The van der Waals surface area contributed by atoms with Crippen LogP contribution in [0.15, 0.2) is 0 Å². The Bertz CT molecular complexity index is 367. The van der Waals surface area contributed by atoms with Gasteiger partial charge in [0.15, 0.2) is 0 Å². The number of hydrogen-bond donors (Lipinski definition) is 1. The summed E-state index contributed by atoms with van der Waals surface area (Å²) in [5.74, 6) is 0.789. The SMILES string of the molecule is CC(CC1COCCN1C(=O)OC(C)(C)C)NC1CC1C. The minimum atomic E-state index is -0.451. The average Bonchev–Trinajstić information content (AvgIpc) is 3.02. The van der Waals surface area contributed by atoms with Gasteiger partial charge in [0, 0.05) is 18.6 Å². The fraction of sp³-hybridized carbons (Fsp3) is 0.938. The molecular formula is C16H30N2O3. The van der Waals surface area contributed by atoms with Crippen LogP contribution in [0.3, 0.4) is 0 Å². The van der Waals surface area contributed by atoms with E-state index in [1.54, 1.807) is 0 Å². The van der Waals surface area contributed by atoms with E-state index in [2.05, 4.69) is 19.2 Å². The zero-order valence-corrected chi connectivity index (χ0v) is 14.0. The van der Waals surface area contributed by atoms with Crippen LogP contribution in [0.4, 0.5) is 4.79 Å². The third-order valence-corrected chi connectivity index (χ3v) is 4.09. The van der Waals surface area contributed by atoms with Gasteiger partial charge >= 0.3 is 6.09 Å². The maximum Gasteiger partial charge on any atom is 0.410 e. The summed E-state index contributed by atoms with van der Waals surface area (Å²) >= 11 is 0. The van der Waals surface area contributed by atoms with E-state index in [1.165, 1.54) is 6.42 Å². The summed E-state index contributed by atoms with van der Waals surface area (Å²) in [6.45, 7) is 12.0. The molecule has 2 fully saturated rings. The van der Waals surface area contributed by atoms with Crippen molar-refractivity contribution in [1.29, 1.82) is 0 Å². The summed E-state index contributed by atoms with van der Waals surface area (Å²) in [5, 5.41) is 3.62. The van der Waals surface area contributed by atoms with Crippen LogP contribution in [0.25, 0.3) is 0 Å². The quantitative estimate of drug-likeness (QED) is 0.866. The smallest absolute Gasteiger partial charge is 0.410 e. The Hall–Kier alpha value is -0.810. The van der Waals surface area contributed by atoms with Gasteiger partial charge in [-0.05, 0) is 46.5 Å². The largest absolute Gasteiger partial charge is 0.444 e. The van der Waals surface area contributed by atoms with Gasteiger partial charge in [-0.25, -0.2) is 4.79 Å². The molecule has 1 amide bonds. The first kappa shape index (κ1) is 16.6. The van der Waals surface area contributed by atoms with Gasteiger partial charge < -0.3 is 19.7 Å². The van der Waals surface area contributed by atoms with E-state index in [1.807, 2.05) is 25.7 Å². The Morgan fingerprint density at radius 2 is 2.14 bits per heavy atom. The third-order valence-electron chi connectivity index (χ3n) is 4.09. The molecule has 1 aliphatic carbocycles. The average molecular weight is 298 g/mol. The molecule has 1 saturated heterocycles. The van der Waals surface area contributed by atoms with Gasteiger partial charge in [0.2, 0.25) is 0 Å². The Labute approximate surface area is 128 Å². The molecule has 1 heterocycles. The summed E-state index contributed by atoms with van der Waals surface area (Å²) in [6.07, 6.45) is 1.95. The standard InChI is InChI=1S/C16H30N2O3/c1-11-8-14(11)17-12(2)9-13-10-20-7-6-18(13)15(19)21-16(3,4)5/h11-14,17H,6-10H2,1-5H3. The minimum absolute atomic E-state index is 0.102. The highest BCUT2D eigenvalue weighted by atomic mass is 16.6. The molecule has 2 aliphatic rings. The number of morpholine rings is 1. The second-order valence-corrected chi connectivity index (χ2v) is 7.53. The summed E-state index contributed by atoms with van der Waals surface area (Å²) < 4.78 is 11.1. The topological polar surface area (TPSA) is 50.8 Å². The molecule has 0 aromatic carbocycles. The van der Waals surface area contributed by atoms with E-state index >= 15 is 0 Å². The lowest BCUT2D eigenvalue weighted by Gasteiger charge is -2.37. The van der Waals surface area contributed by atoms with Crippen LogP contribution >= 0.6 is 0 Å². The van der Waals surface area contributed by atoms with Gasteiger partial charge in [-0.3, -0.25) is 0 Å². The number of carbonyl (C=O) groups excluding carboxylic acids is 1. The number of hydrogen-bond acceptors (Lipinski definition) is 4. The lowest BCUT2D eigenvalue weighted by molar-refractivity contribution is -0.0356. The van der Waals surface area contributed by atoms with Gasteiger partial charge in [0.25, 0.3) is 0 Å². The van der Waals surface area contributed by atoms with Crippen LogP contribution in [-0.4, -0.2) is 54.5 Å². The zero-order valence-electron chi connectivity index (χ0n) is 14.0. The van der Waals surface area contributed by atoms with Gasteiger partial charge in [-0.15, -0.1) is 0 Å². The Morgan fingerprint density at radius 1 is 1.48 bits per heavy atom. The molecule has 1 aliphatic heterocycles. The Morgan fingerprint density at radius 3 is 2.71 bits per heavy atom. The van der Waals surface area contributed by atoms with Gasteiger partial charge in [-0.1, -0.05) is 6.92 Å². The summed E-state index contributed by atoms with van der Waals surface area (Å²) in [5.41, 5.74) is -0.451. The van der Waals surface area contributed by atoms with Crippen LogP contribution in [0.5, 0.6) is 0 Å². The minimum Gasteiger partial charge on any atom is -0.444 e. The molecule has 1 N–H and O–H groups in total. The van der Waals surface area contributed by atoms with Crippen molar-refractivity contribution in [3.8, 4) is 0 Å². The number of nitrogens with one attached hydrogen (secondary N) is 1. The summed E-state index contributed by atoms with van der Waals surface area (Å²) in [4.78, 5) is 14.2. The van der Waals surface area contributed by atoms with E-state index in [0.29, 0.717) is 31.8 Å². The number of nitrogens with zero attached hydrogens (tertiary/aromatic N) is 1. The highest BCUT2D eigenvalue weighted by Crippen LogP contribution is 2.30. The van der Waals surface area contributed by atoms with Crippen molar-refractivity contribution >= 4 is 6.09 Å². The van der Waals surface area contributed by atoms with E-state index in [-0.39, 0.29) is 12.1 Å². The molecule has 2 rings (SSSR count). The van der Waals surface area contributed by atoms with Gasteiger partial charge in [0.05, 0.1) is 19.3 Å². The number of ether oxygens (including phenoxy) is 2. The fourth-order valence-corrected chi connectivity index (χ4v) is 2.81. The molecule has 5 nitrogen and oxygen atoms in total. The van der Waals surface area contributed by atoms with Crippen molar-refractivity contribution in [3.05, 3.63) is 0 Å². The number of amides is 1. The fourth-order valence-electron chi connectivity index (χ4n) is 2.81. The van der Waals surface area contributed by atoms with E-state index in [4.69, 9.17) is 9.47 Å². The molecule has 0 bridgehead atoms.